The monoisotopic (exact) mass is 298 g/mol. The van der Waals surface area contributed by atoms with Gasteiger partial charge in [0.1, 0.15) is 0 Å². The predicted molar refractivity (Wildman–Crippen MR) is 70.1 cm³/mol. The Morgan fingerprint density at radius 3 is 3.12 bits per heavy atom. The van der Waals surface area contributed by atoms with Gasteiger partial charge >= 0.3 is 0 Å². The van der Waals surface area contributed by atoms with E-state index >= 15 is 0 Å². The molecule has 6 heteroatoms. The molecule has 0 saturated carbocycles. The first-order chi connectivity index (χ1) is 8.20. The van der Waals surface area contributed by atoms with Gasteiger partial charge in [-0.1, -0.05) is 0 Å². The van der Waals surface area contributed by atoms with E-state index in [-0.39, 0.29) is 12.6 Å². The number of halogens is 1. The molecule has 0 bridgehead atoms. The summed E-state index contributed by atoms with van der Waals surface area (Å²) >= 11 is 3.43. The third-order valence-corrected chi connectivity index (χ3v) is 3.10. The van der Waals surface area contributed by atoms with Gasteiger partial charge in [-0.05, 0) is 47.8 Å². The van der Waals surface area contributed by atoms with Gasteiger partial charge in [-0.25, -0.2) is 4.52 Å². The minimum atomic E-state index is 0.218. The normalized spacial score (nSPS) is 12.9. The van der Waals surface area contributed by atoms with Crippen molar-refractivity contribution >= 4 is 27.5 Å². The molecule has 0 aliphatic heterocycles. The van der Waals surface area contributed by atoms with Gasteiger partial charge in [-0.2, -0.15) is 4.98 Å². The predicted octanol–water partition coefficient (Wildman–Crippen LogP) is 2.06. The lowest BCUT2D eigenvalue weighted by atomic mass is 10.2. The van der Waals surface area contributed by atoms with Gasteiger partial charge in [-0.3, -0.25) is 0 Å². The number of pyridine rings is 1. The number of aromatic nitrogens is 3. The van der Waals surface area contributed by atoms with Crippen molar-refractivity contribution in [1.82, 2.24) is 14.6 Å². The molecule has 1 atom stereocenters. The van der Waals surface area contributed by atoms with E-state index in [9.17, 15) is 0 Å². The number of hydrogen-bond acceptors (Lipinski definition) is 4. The molecule has 17 heavy (non-hydrogen) atoms. The molecule has 0 aliphatic carbocycles. The number of nitrogens with one attached hydrogen (secondary N) is 1. The summed E-state index contributed by atoms with van der Waals surface area (Å²) in [6.45, 7) is 2.27. The van der Waals surface area contributed by atoms with Crippen LogP contribution in [0.5, 0.6) is 0 Å². The summed E-state index contributed by atoms with van der Waals surface area (Å²) in [5, 5.41) is 16.3. The number of aliphatic hydroxyl groups excluding tert-OH is 1. The van der Waals surface area contributed by atoms with Crippen molar-refractivity contribution < 1.29 is 5.11 Å². The average molecular weight is 299 g/mol. The third kappa shape index (κ3) is 2.95. The van der Waals surface area contributed by atoms with Crippen molar-refractivity contribution in [3.63, 3.8) is 0 Å². The second-order valence-corrected chi connectivity index (χ2v) is 4.83. The molecule has 2 heterocycles. The zero-order valence-electron chi connectivity index (χ0n) is 9.60. The average Bonchev–Trinajstić information content (AvgIpc) is 2.70. The molecule has 92 valence electrons. The largest absolute Gasteiger partial charge is 0.396 e. The molecule has 0 spiro atoms. The Hall–Kier alpha value is -1.14. The van der Waals surface area contributed by atoms with Gasteiger partial charge in [0.15, 0.2) is 5.65 Å². The van der Waals surface area contributed by atoms with Gasteiger partial charge < -0.3 is 10.4 Å². The first-order valence-electron chi connectivity index (χ1n) is 5.59. The number of hydrogen-bond donors (Lipinski definition) is 2. The van der Waals surface area contributed by atoms with E-state index in [4.69, 9.17) is 5.11 Å². The van der Waals surface area contributed by atoms with Gasteiger partial charge in [0, 0.05) is 18.8 Å². The highest BCUT2D eigenvalue weighted by atomic mass is 79.9. The molecule has 0 aromatic carbocycles. The molecule has 2 aromatic heterocycles. The van der Waals surface area contributed by atoms with Crippen LogP contribution in [0.25, 0.3) is 5.65 Å². The number of nitrogens with zero attached hydrogens (tertiary/aromatic N) is 3. The Balaban J connectivity index is 2.11. The second-order valence-electron chi connectivity index (χ2n) is 3.97. The van der Waals surface area contributed by atoms with Gasteiger partial charge in [0.2, 0.25) is 5.95 Å². The van der Waals surface area contributed by atoms with Crippen LogP contribution in [-0.2, 0) is 0 Å². The standard InChI is InChI=1S/C11H15BrN4O/c1-8(4-3-7-17)13-11-14-10-9(12)5-2-6-16(10)15-11/h2,5-6,8,17H,3-4,7H2,1H3,(H,13,15). The topological polar surface area (TPSA) is 62.5 Å². The van der Waals surface area contributed by atoms with E-state index in [0.717, 1.165) is 23.0 Å². The van der Waals surface area contributed by atoms with Crippen molar-refractivity contribution in [2.75, 3.05) is 11.9 Å². The van der Waals surface area contributed by atoms with Crippen molar-refractivity contribution in [1.29, 1.82) is 0 Å². The van der Waals surface area contributed by atoms with Crippen molar-refractivity contribution in [2.24, 2.45) is 0 Å². The van der Waals surface area contributed by atoms with Crippen LogP contribution in [0.1, 0.15) is 19.8 Å². The maximum Gasteiger partial charge on any atom is 0.243 e. The summed E-state index contributed by atoms with van der Waals surface area (Å²) in [4.78, 5) is 4.39. The van der Waals surface area contributed by atoms with E-state index in [2.05, 4.69) is 38.3 Å². The zero-order chi connectivity index (χ0) is 12.3. The molecule has 0 radical (unpaired) electrons. The highest BCUT2D eigenvalue weighted by Gasteiger charge is 2.08. The van der Waals surface area contributed by atoms with E-state index in [1.165, 1.54) is 0 Å². The summed E-state index contributed by atoms with van der Waals surface area (Å²) in [5.74, 6) is 0.613. The molecule has 2 rings (SSSR count). The minimum Gasteiger partial charge on any atom is -0.396 e. The van der Waals surface area contributed by atoms with Crippen molar-refractivity contribution in [3.05, 3.63) is 22.8 Å². The van der Waals surface area contributed by atoms with Crippen LogP contribution >= 0.6 is 15.9 Å². The molecule has 0 aliphatic rings. The van der Waals surface area contributed by atoms with Crippen molar-refractivity contribution in [2.45, 2.75) is 25.8 Å². The zero-order valence-corrected chi connectivity index (χ0v) is 11.2. The first-order valence-corrected chi connectivity index (χ1v) is 6.38. The number of rotatable bonds is 5. The molecule has 2 N–H and O–H groups in total. The maximum atomic E-state index is 8.76. The smallest absolute Gasteiger partial charge is 0.243 e. The molecular weight excluding hydrogens is 284 g/mol. The first kappa shape index (κ1) is 12.3. The Labute approximate surface area is 108 Å². The van der Waals surface area contributed by atoms with Crippen LogP contribution < -0.4 is 5.32 Å². The van der Waals surface area contributed by atoms with Crippen molar-refractivity contribution in [3.8, 4) is 0 Å². The lowest BCUT2D eigenvalue weighted by molar-refractivity contribution is 0.282. The van der Waals surface area contributed by atoms with Gasteiger partial charge in [0.05, 0.1) is 4.47 Å². The Kier molecular flexibility index (Phi) is 3.96. The minimum absolute atomic E-state index is 0.218. The molecule has 0 amide bonds. The molecular formula is C11H15BrN4O. The third-order valence-electron chi connectivity index (χ3n) is 2.49. The molecule has 0 fully saturated rings. The number of anilines is 1. The fourth-order valence-corrected chi connectivity index (χ4v) is 2.05. The molecule has 2 aromatic rings. The highest BCUT2D eigenvalue weighted by molar-refractivity contribution is 9.10. The summed E-state index contributed by atoms with van der Waals surface area (Å²) in [6.07, 6.45) is 3.54. The second kappa shape index (κ2) is 5.46. The number of fused-ring (bicyclic) bond motifs is 1. The van der Waals surface area contributed by atoms with E-state index < -0.39 is 0 Å². The van der Waals surface area contributed by atoms with E-state index in [0.29, 0.717) is 5.95 Å². The van der Waals surface area contributed by atoms with Crippen LogP contribution in [-0.4, -0.2) is 32.4 Å². The summed E-state index contributed by atoms with van der Waals surface area (Å²) in [6, 6.07) is 4.09. The SMILES string of the molecule is CC(CCCO)Nc1nc2c(Br)cccn2n1. The summed E-state index contributed by atoms with van der Waals surface area (Å²) in [7, 11) is 0. The quantitative estimate of drug-likeness (QED) is 0.887. The van der Waals surface area contributed by atoms with Crippen LogP contribution in [0.4, 0.5) is 5.95 Å². The highest BCUT2D eigenvalue weighted by Crippen LogP contribution is 2.17. The summed E-state index contributed by atoms with van der Waals surface area (Å²) < 4.78 is 2.65. The maximum absolute atomic E-state index is 8.76. The fourth-order valence-electron chi connectivity index (χ4n) is 1.62. The van der Waals surface area contributed by atoms with Crippen LogP contribution in [0, 0.1) is 0 Å². The van der Waals surface area contributed by atoms with Gasteiger partial charge in [-0.15, -0.1) is 5.10 Å². The molecule has 0 saturated heterocycles. The Morgan fingerprint density at radius 2 is 2.41 bits per heavy atom. The van der Waals surface area contributed by atoms with Crippen LogP contribution in [0.3, 0.4) is 0 Å². The summed E-state index contributed by atoms with van der Waals surface area (Å²) in [5.41, 5.74) is 0.796. The lowest BCUT2D eigenvalue weighted by Gasteiger charge is -2.10. The lowest BCUT2D eigenvalue weighted by Crippen LogP contribution is -2.16. The number of aliphatic hydroxyl groups is 1. The van der Waals surface area contributed by atoms with Crippen LogP contribution in [0.2, 0.25) is 0 Å². The Morgan fingerprint density at radius 1 is 1.59 bits per heavy atom. The molecule has 5 nitrogen and oxygen atoms in total. The fraction of sp³-hybridized carbons (Fsp3) is 0.455. The molecule has 1 unspecified atom stereocenters. The van der Waals surface area contributed by atoms with E-state index in [1.54, 1.807) is 4.52 Å². The van der Waals surface area contributed by atoms with E-state index in [1.807, 2.05) is 18.3 Å². The Bertz CT molecular complexity index is 499. The van der Waals surface area contributed by atoms with Crippen LogP contribution in [0.15, 0.2) is 22.8 Å². The van der Waals surface area contributed by atoms with Gasteiger partial charge in [0.25, 0.3) is 0 Å².